The van der Waals surface area contributed by atoms with Gasteiger partial charge in [0.05, 0.1) is 18.4 Å². The van der Waals surface area contributed by atoms with Crippen LogP contribution < -0.4 is 14.8 Å². The number of halogens is 2. The average Bonchev–Trinajstić information content (AvgIpc) is 2.67. The second-order valence-corrected chi connectivity index (χ2v) is 5.85. The topological polar surface area (TPSA) is 67.9 Å². The molecule has 0 aromatic heterocycles. The summed E-state index contributed by atoms with van der Waals surface area (Å²) in [5.41, 5.74) is 0.446. The SMILES string of the molecule is CCCN(CC(=O)Nc1ccccc1OC)C(=O)c1ccccc1OC(F)F. The van der Waals surface area contributed by atoms with Gasteiger partial charge in [-0.25, -0.2) is 0 Å². The maximum absolute atomic E-state index is 12.8. The maximum Gasteiger partial charge on any atom is 0.387 e. The van der Waals surface area contributed by atoms with Gasteiger partial charge in [-0.15, -0.1) is 0 Å². The van der Waals surface area contributed by atoms with Crippen LogP contribution in [0, 0.1) is 0 Å². The van der Waals surface area contributed by atoms with E-state index in [4.69, 9.17) is 4.74 Å². The smallest absolute Gasteiger partial charge is 0.387 e. The van der Waals surface area contributed by atoms with Crippen molar-refractivity contribution in [1.29, 1.82) is 0 Å². The van der Waals surface area contributed by atoms with Crippen LogP contribution in [0.5, 0.6) is 11.5 Å². The van der Waals surface area contributed by atoms with E-state index in [0.717, 1.165) is 0 Å². The van der Waals surface area contributed by atoms with Crippen LogP contribution >= 0.6 is 0 Å². The molecular formula is C20H22F2N2O4. The third kappa shape index (κ3) is 5.67. The normalized spacial score (nSPS) is 10.5. The van der Waals surface area contributed by atoms with Crippen LogP contribution in [0.25, 0.3) is 0 Å². The Morgan fingerprint density at radius 3 is 2.36 bits per heavy atom. The number of methoxy groups -OCH3 is 1. The summed E-state index contributed by atoms with van der Waals surface area (Å²) < 4.78 is 34.8. The molecule has 0 atom stereocenters. The van der Waals surface area contributed by atoms with E-state index >= 15 is 0 Å². The van der Waals surface area contributed by atoms with Crippen molar-refractivity contribution in [3.8, 4) is 11.5 Å². The van der Waals surface area contributed by atoms with Gasteiger partial charge in [-0.2, -0.15) is 8.78 Å². The highest BCUT2D eigenvalue weighted by Crippen LogP contribution is 2.24. The number of alkyl halides is 2. The van der Waals surface area contributed by atoms with Gasteiger partial charge in [-0.3, -0.25) is 9.59 Å². The summed E-state index contributed by atoms with van der Waals surface area (Å²) in [6.07, 6.45) is 0.589. The molecule has 2 amide bonds. The summed E-state index contributed by atoms with van der Waals surface area (Å²) in [7, 11) is 1.48. The quantitative estimate of drug-likeness (QED) is 0.705. The Bertz CT molecular complexity index is 814. The largest absolute Gasteiger partial charge is 0.495 e. The molecule has 0 radical (unpaired) electrons. The zero-order valence-electron chi connectivity index (χ0n) is 15.7. The fourth-order valence-corrected chi connectivity index (χ4v) is 2.65. The predicted molar refractivity (Wildman–Crippen MR) is 101 cm³/mol. The number of amides is 2. The van der Waals surface area contributed by atoms with E-state index in [-0.39, 0.29) is 24.4 Å². The van der Waals surface area contributed by atoms with Gasteiger partial charge in [-0.05, 0) is 30.7 Å². The number of para-hydroxylation sites is 3. The van der Waals surface area contributed by atoms with Gasteiger partial charge in [0.25, 0.3) is 5.91 Å². The first-order valence-corrected chi connectivity index (χ1v) is 8.72. The molecule has 0 bridgehead atoms. The number of anilines is 1. The molecule has 0 spiro atoms. The van der Waals surface area contributed by atoms with Crippen molar-refractivity contribution in [1.82, 2.24) is 4.90 Å². The predicted octanol–water partition coefficient (Wildman–Crippen LogP) is 3.79. The van der Waals surface area contributed by atoms with Crippen LogP contribution in [-0.2, 0) is 4.79 Å². The summed E-state index contributed by atoms with van der Waals surface area (Å²) in [5.74, 6) is -0.736. The van der Waals surface area contributed by atoms with Crippen molar-refractivity contribution in [2.45, 2.75) is 20.0 Å². The molecule has 2 rings (SSSR count). The van der Waals surface area contributed by atoms with E-state index in [2.05, 4.69) is 10.1 Å². The van der Waals surface area contributed by atoms with E-state index < -0.39 is 18.4 Å². The molecule has 0 heterocycles. The summed E-state index contributed by atoms with van der Waals surface area (Å²) in [4.78, 5) is 26.6. The number of benzene rings is 2. The number of hydrogen-bond donors (Lipinski definition) is 1. The lowest BCUT2D eigenvalue weighted by Gasteiger charge is -2.23. The molecule has 0 aliphatic carbocycles. The van der Waals surface area contributed by atoms with Gasteiger partial charge >= 0.3 is 6.61 Å². The van der Waals surface area contributed by atoms with Crippen molar-refractivity contribution in [2.75, 3.05) is 25.5 Å². The highest BCUT2D eigenvalue weighted by atomic mass is 19.3. The van der Waals surface area contributed by atoms with Gasteiger partial charge in [0.15, 0.2) is 0 Å². The Balaban J connectivity index is 2.16. The molecule has 28 heavy (non-hydrogen) atoms. The molecule has 0 saturated heterocycles. The van der Waals surface area contributed by atoms with Gasteiger partial charge in [0.2, 0.25) is 5.91 Å². The van der Waals surface area contributed by atoms with Gasteiger partial charge in [0, 0.05) is 6.54 Å². The molecule has 2 aromatic carbocycles. The number of hydrogen-bond acceptors (Lipinski definition) is 4. The highest BCUT2D eigenvalue weighted by molar-refractivity contribution is 6.01. The first-order valence-electron chi connectivity index (χ1n) is 8.72. The van der Waals surface area contributed by atoms with Crippen LogP contribution in [0.4, 0.5) is 14.5 Å². The minimum atomic E-state index is -3.05. The minimum Gasteiger partial charge on any atom is -0.495 e. The lowest BCUT2D eigenvalue weighted by atomic mass is 10.1. The third-order valence-electron chi connectivity index (χ3n) is 3.83. The number of carbonyl (C=O) groups is 2. The van der Waals surface area contributed by atoms with E-state index in [1.807, 2.05) is 6.92 Å². The molecule has 150 valence electrons. The van der Waals surface area contributed by atoms with Gasteiger partial charge in [-0.1, -0.05) is 31.2 Å². The van der Waals surface area contributed by atoms with E-state index in [9.17, 15) is 18.4 Å². The second-order valence-electron chi connectivity index (χ2n) is 5.85. The monoisotopic (exact) mass is 392 g/mol. The van der Waals surface area contributed by atoms with Crippen molar-refractivity contribution < 1.29 is 27.8 Å². The standard InChI is InChI=1S/C20H22F2N2O4/c1-3-12-24(13-18(25)23-15-9-5-7-11-17(15)27-2)19(26)14-8-4-6-10-16(14)28-20(21)22/h4-11,20H,3,12-13H2,1-2H3,(H,23,25). The lowest BCUT2D eigenvalue weighted by molar-refractivity contribution is -0.116. The molecule has 0 fully saturated rings. The van der Waals surface area contributed by atoms with Crippen molar-refractivity contribution in [3.63, 3.8) is 0 Å². The minimum absolute atomic E-state index is 0.0265. The van der Waals surface area contributed by atoms with E-state index in [1.54, 1.807) is 30.3 Å². The fraction of sp³-hybridized carbons (Fsp3) is 0.300. The Hall–Kier alpha value is -3.16. The number of nitrogens with one attached hydrogen (secondary N) is 1. The summed E-state index contributed by atoms with van der Waals surface area (Å²) in [6, 6.07) is 12.6. The summed E-state index contributed by atoms with van der Waals surface area (Å²) in [6.45, 7) is -1.17. The molecule has 0 unspecified atom stereocenters. The molecular weight excluding hydrogens is 370 g/mol. The van der Waals surface area contributed by atoms with Crippen molar-refractivity contribution in [2.24, 2.45) is 0 Å². The van der Waals surface area contributed by atoms with Crippen LogP contribution in [0.15, 0.2) is 48.5 Å². The first kappa shape index (κ1) is 21.1. The Kier molecular flexibility index (Phi) is 7.74. The molecule has 6 nitrogen and oxygen atoms in total. The van der Waals surface area contributed by atoms with Crippen LogP contribution in [0.3, 0.4) is 0 Å². The molecule has 0 saturated carbocycles. The maximum atomic E-state index is 12.8. The third-order valence-corrected chi connectivity index (χ3v) is 3.83. The molecule has 2 aromatic rings. The fourth-order valence-electron chi connectivity index (χ4n) is 2.65. The number of rotatable bonds is 9. The zero-order chi connectivity index (χ0) is 20.5. The lowest BCUT2D eigenvalue weighted by Crippen LogP contribution is -2.38. The van der Waals surface area contributed by atoms with Crippen molar-refractivity contribution >= 4 is 17.5 Å². The zero-order valence-corrected chi connectivity index (χ0v) is 15.7. The van der Waals surface area contributed by atoms with Crippen LogP contribution in [-0.4, -0.2) is 43.5 Å². The number of ether oxygens (including phenoxy) is 2. The Morgan fingerprint density at radius 2 is 1.71 bits per heavy atom. The molecule has 0 aliphatic rings. The van der Waals surface area contributed by atoms with Gasteiger partial charge in [0.1, 0.15) is 18.0 Å². The highest BCUT2D eigenvalue weighted by Gasteiger charge is 2.23. The number of nitrogens with zero attached hydrogens (tertiary/aromatic N) is 1. The molecule has 0 aliphatic heterocycles. The first-order chi connectivity index (χ1) is 13.5. The number of carbonyl (C=O) groups excluding carboxylic acids is 2. The average molecular weight is 392 g/mol. The summed E-state index contributed by atoms with van der Waals surface area (Å²) in [5, 5.41) is 2.69. The van der Waals surface area contributed by atoms with Crippen LogP contribution in [0.1, 0.15) is 23.7 Å². The van der Waals surface area contributed by atoms with Gasteiger partial charge < -0.3 is 19.7 Å². The second kappa shape index (κ2) is 10.2. The summed E-state index contributed by atoms with van der Waals surface area (Å²) >= 11 is 0. The van der Waals surface area contributed by atoms with E-state index in [0.29, 0.717) is 17.9 Å². The van der Waals surface area contributed by atoms with Crippen molar-refractivity contribution in [3.05, 3.63) is 54.1 Å². The molecule has 1 N–H and O–H groups in total. The van der Waals surface area contributed by atoms with Crippen LogP contribution in [0.2, 0.25) is 0 Å². The Morgan fingerprint density at radius 1 is 1.07 bits per heavy atom. The molecule has 8 heteroatoms. The van der Waals surface area contributed by atoms with E-state index in [1.165, 1.54) is 30.2 Å². The Labute approximate surface area is 162 Å².